The van der Waals surface area contributed by atoms with E-state index in [2.05, 4.69) is 0 Å². The standard InChI is InChI=1S/C13H12FNO.ClH/c14-12-9-5-4-8-11(12)13(16-15)10-6-2-1-3-7-10;/h1-9,13H,15H2;1H. The van der Waals surface area contributed by atoms with Crippen molar-refractivity contribution in [2.45, 2.75) is 6.10 Å². The summed E-state index contributed by atoms with van der Waals surface area (Å²) < 4.78 is 13.6. The van der Waals surface area contributed by atoms with Crippen LogP contribution in [0.4, 0.5) is 4.39 Å². The van der Waals surface area contributed by atoms with Crippen LogP contribution in [0.25, 0.3) is 0 Å². The molecule has 2 aromatic rings. The molecule has 4 heteroatoms. The highest BCUT2D eigenvalue weighted by molar-refractivity contribution is 5.85. The van der Waals surface area contributed by atoms with Crippen LogP contribution in [0.3, 0.4) is 0 Å². The number of halogens is 2. The van der Waals surface area contributed by atoms with Crippen LogP contribution in [0.15, 0.2) is 54.6 Å². The highest BCUT2D eigenvalue weighted by Crippen LogP contribution is 2.26. The van der Waals surface area contributed by atoms with E-state index in [0.717, 1.165) is 5.56 Å². The van der Waals surface area contributed by atoms with Gasteiger partial charge in [0.15, 0.2) is 0 Å². The van der Waals surface area contributed by atoms with E-state index < -0.39 is 6.10 Å². The molecule has 0 spiro atoms. The van der Waals surface area contributed by atoms with E-state index in [1.165, 1.54) is 6.07 Å². The lowest BCUT2D eigenvalue weighted by atomic mass is 10.0. The molecule has 0 aliphatic carbocycles. The first kappa shape index (κ1) is 13.6. The Morgan fingerprint density at radius 1 is 0.941 bits per heavy atom. The minimum Gasteiger partial charge on any atom is -0.292 e. The van der Waals surface area contributed by atoms with E-state index in [1.807, 2.05) is 30.3 Å². The van der Waals surface area contributed by atoms with Crippen LogP contribution in [-0.4, -0.2) is 0 Å². The number of hydrogen-bond donors (Lipinski definition) is 1. The summed E-state index contributed by atoms with van der Waals surface area (Å²) >= 11 is 0. The first-order valence-corrected chi connectivity index (χ1v) is 4.98. The monoisotopic (exact) mass is 253 g/mol. The van der Waals surface area contributed by atoms with Crippen molar-refractivity contribution in [3.8, 4) is 0 Å². The Labute approximate surface area is 106 Å². The van der Waals surface area contributed by atoms with E-state index in [-0.39, 0.29) is 18.2 Å². The first-order chi connectivity index (χ1) is 7.83. The molecule has 2 nitrogen and oxygen atoms in total. The molecule has 0 amide bonds. The molecular weight excluding hydrogens is 241 g/mol. The number of nitrogens with two attached hydrogens (primary N) is 1. The molecule has 0 fully saturated rings. The van der Waals surface area contributed by atoms with Gasteiger partial charge in [0.2, 0.25) is 0 Å². The number of rotatable bonds is 3. The molecule has 0 bridgehead atoms. The molecular formula is C13H13ClFNO. The summed E-state index contributed by atoms with van der Waals surface area (Å²) in [5.41, 5.74) is 1.27. The highest BCUT2D eigenvalue weighted by Gasteiger charge is 2.16. The Bertz CT molecular complexity index is 464. The molecule has 0 aliphatic heterocycles. The third kappa shape index (κ3) is 3.03. The third-order valence-electron chi connectivity index (χ3n) is 2.43. The zero-order valence-corrected chi connectivity index (χ0v) is 9.86. The quantitative estimate of drug-likeness (QED) is 0.853. The smallest absolute Gasteiger partial charge is 0.132 e. The zero-order chi connectivity index (χ0) is 11.4. The van der Waals surface area contributed by atoms with Gasteiger partial charge in [0.05, 0.1) is 0 Å². The van der Waals surface area contributed by atoms with Gasteiger partial charge in [-0.1, -0.05) is 48.5 Å². The molecule has 2 N–H and O–H groups in total. The van der Waals surface area contributed by atoms with Crippen molar-refractivity contribution in [2.24, 2.45) is 5.90 Å². The predicted octanol–water partition coefficient (Wildman–Crippen LogP) is 3.23. The van der Waals surface area contributed by atoms with Crippen LogP contribution < -0.4 is 5.90 Å². The van der Waals surface area contributed by atoms with E-state index in [1.54, 1.807) is 18.2 Å². The lowest BCUT2D eigenvalue weighted by Crippen LogP contribution is -2.12. The van der Waals surface area contributed by atoms with Crippen molar-refractivity contribution in [3.05, 3.63) is 71.5 Å². The Hall–Kier alpha value is -1.42. The van der Waals surface area contributed by atoms with Gasteiger partial charge in [-0.25, -0.2) is 10.3 Å². The minimum atomic E-state index is -0.567. The average Bonchev–Trinajstić information content (AvgIpc) is 2.34. The Balaban J connectivity index is 0.00000144. The van der Waals surface area contributed by atoms with Crippen LogP contribution in [0.2, 0.25) is 0 Å². The van der Waals surface area contributed by atoms with Gasteiger partial charge in [-0.2, -0.15) is 0 Å². The fraction of sp³-hybridized carbons (Fsp3) is 0.0769. The average molecular weight is 254 g/mol. The van der Waals surface area contributed by atoms with Gasteiger partial charge in [-0.05, 0) is 11.6 Å². The van der Waals surface area contributed by atoms with Crippen LogP contribution in [0, 0.1) is 5.82 Å². The molecule has 0 saturated heterocycles. The van der Waals surface area contributed by atoms with Crippen LogP contribution in [0.1, 0.15) is 17.2 Å². The first-order valence-electron chi connectivity index (χ1n) is 4.98. The predicted molar refractivity (Wildman–Crippen MR) is 67.2 cm³/mol. The lowest BCUT2D eigenvalue weighted by Gasteiger charge is -2.15. The van der Waals surface area contributed by atoms with Gasteiger partial charge < -0.3 is 0 Å². The van der Waals surface area contributed by atoms with E-state index >= 15 is 0 Å². The Kier molecular flexibility index (Phi) is 5.10. The molecule has 17 heavy (non-hydrogen) atoms. The summed E-state index contributed by atoms with van der Waals surface area (Å²) in [6, 6.07) is 15.8. The maximum Gasteiger partial charge on any atom is 0.132 e. The second kappa shape index (κ2) is 6.35. The molecule has 0 aliphatic rings. The van der Waals surface area contributed by atoms with Crippen LogP contribution in [-0.2, 0) is 4.84 Å². The number of hydrogen-bond acceptors (Lipinski definition) is 2. The fourth-order valence-corrected chi connectivity index (χ4v) is 1.65. The fourth-order valence-electron chi connectivity index (χ4n) is 1.65. The van der Waals surface area contributed by atoms with Crippen molar-refractivity contribution in [2.75, 3.05) is 0 Å². The normalized spacial score (nSPS) is 11.6. The van der Waals surface area contributed by atoms with Gasteiger partial charge in [-0.3, -0.25) is 4.84 Å². The van der Waals surface area contributed by atoms with Crippen molar-refractivity contribution in [3.63, 3.8) is 0 Å². The van der Waals surface area contributed by atoms with Crippen LogP contribution >= 0.6 is 12.4 Å². The van der Waals surface area contributed by atoms with Crippen molar-refractivity contribution < 1.29 is 9.23 Å². The van der Waals surface area contributed by atoms with Crippen molar-refractivity contribution in [1.82, 2.24) is 0 Å². The van der Waals surface area contributed by atoms with E-state index in [0.29, 0.717) is 5.56 Å². The summed E-state index contributed by atoms with van der Waals surface area (Å²) in [6.45, 7) is 0. The molecule has 0 heterocycles. The second-order valence-corrected chi connectivity index (χ2v) is 3.45. The second-order valence-electron chi connectivity index (χ2n) is 3.45. The zero-order valence-electron chi connectivity index (χ0n) is 9.05. The number of benzene rings is 2. The summed E-state index contributed by atoms with van der Waals surface area (Å²) in [4.78, 5) is 4.86. The maximum atomic E-state index is 13.6. The summed E-state index contributed by atoms with van der Waals surface area (Å²) in [6.07, 6.45) is -0.567. The van der Waals surface area contributed by atoms with E-state index in [4.69, 9.17) is 10.7 Å². The van der Waals surface area contributed by atoms with Gasteiger partial charge in [-0.15, -0.1) is 12.4 Å². The van der Waals surface area contributed by atoms with Gasteiger partial charge >= 0.3 is 0 Å². The summed E-state index contributed by atoms with van der Waals surface area (Å²) in [7, 11) is 0. The van der Waals surface area contributed by atoms with Crippen molar-refractivity contribution >= 4 is 12.4 Å². The third-order valence-corrected chi connectivity index (χ3v) is 2.43. The van der Waals surface area contributed by atoms with Gasteiger partial charge in [0.25, 0.3) is 0 Å². The lowest BCUT2D eigenvalue weighted by molar-refractivity contribution is 0.0788. The largest absolute Gasteiger partial charge is 0.292 e. The minimum absolute atomic E-state index is 0. The van der Waals surface area contributed by atoms with Crippen LogP contribution in [0.5, 0.6) is 0 Å². The molecule has 2 aromatic carbocycles. The molecule has 1 atom stereocenters. The molecule has 2 rings (SSSR count). The van der Waals surface area contributed by atoms with Gasteiger partial charge in [0.1, 0.15) is 11.9 Å². The maximum absolute atomic E-state index is 13.6. The topological polar surface area (TPSA) is 35.2 Å². The highest BCUT2D eigenvalue weighted by atomic mass is 35.5. The van der Waals surface area contributed by atoms with Gasteiger partial charge in [0, 0.05) is 5.56 Å². The summed E-state index contributed by atoms with van der Waals surface area (Å²) in [5, 5.41) is 0. The molecule has 90 valence electrons. The molecule has 0 radical (unpaired) electrons. The molecule has 1 unspecified atom stereocenters. The van der Waals surface area contributed by atoms with Crippen molar-refractivity contribution in [1.29, 1.82) is 0 Å². The molecule has 0 aromatic heterocycles. The summed E-state index contributed by atoms with van der Waals surface area (Å²) in [5.74, 6) is 4.92. The van der Waals surface area contributed by atoms with E-state index in [9.17, 15) is 4.39 Å². The Morgan fingerprint density at radius 2 is 1.53 bits per heavy atom. The SMILES string of the molecule is Cl.NOC(c1ccccc1)c1ccccc1F. The molecule has 0 saturated carbocycles. The Morgan fingerprint density at radius 3 is 2.12 bits per heavy atom.